The molecule has 0 fully saturated rings. The number of benzene rings is 7. The molecule has 1 atom stereocenters. The minimum atomic E-state index is -0.453. The van der Waals surface area contributed by atoms with Gasteiger partial charge in [-0.1, -0.05) is 164 Å². The van der Waals surface area contributed by atoms with Crippen LogP contribution in [0, 0.1) is 0 Å². The summed E-state index contributed by atoms with van der Waals surface area (Å²) in [6, 6.07) is 63.9. The lowest BCUT2D eigenvalue weighted by Crippen LogP contribution is -2.29. The van der Waals surface area contributed by atoms with Crippen LogP contribution in [0.4, 0.5) is 0 Å². The fourth-order valence-electron chi connectivity index (χ4n) is 8.19. The van der Waals surface area contributed by atoms with Crippen LogP contribution in [0.25, 0.3) is 22.3 Å². The Morgan fingerprint density at radius 3 is 1.61 bits per heavy atom. The second-order valence-electron chi connectivity index (χ2n) is 12.6. The van der Waals surface area contributed by atoms with E-state index in [4.69, 9.17) is 4.74 Å². The highest BCUT2D eigenvalue weighted by molar-refractivity contribution is 5.89. The van der Waals surface area contributed by atoms with Crippen molar-refractivity contribution < 1.29 is 4.74 Å². The molecule has 0 N–H and O–H groups in total. The highest BCUT2D eigenvalue weighted by atomic mass is 16.5. The topological polar surface area (TPSA) is 9.23 Å². The Bertz CT molecular complexity index is 2190. The molecule has 46 heavy (non-hydrogen) atoms. The Kier molecular flexibility index (Phi) is 5.92. The first kappa shape index (κ1) is 26.7. The van der Waals surface area contributed by atoms with Gasteiger partial charge in [0.15, 0.2) is 0 Å². The van der Waals surface area contributed by atoms with Gasteiger partial charge in [-0.2, -0.15) is 0 Å². The van der Waals surface area contributed by atoms with Gasteiger partial charge in [-0.3, -0.25) is 0 Å². The van der Waals surface area contributed by atoms with Gasteiger partial charge in [0.25, 0.3) is 0 Å². The molecule has 0 amide bonds. The van der Waals surface area contributed by atoms with Crippen LogP contribution in [0.15, 0.2) is 176 Å². The molecular formula is C45H32O. The van der Waals surface area contributed by atoms with Gasteiger partial charge in [0.1, 0.15) is 11.5 Å². The van der Waals surface area contributed by atoms with Gasteiger partial charge in [0.2, 0.25) is 0 Å². The van der Waals surface area contributed by atoms with Crippen LogP contribution in [0.3, 0.4) is 0 Å². The lowest BCUT2D eigenvalue weighted by molar-refractivity contribution is 0.429. The molecule has 218 valence electrons. The molecule has 7 aromatic carbocycles. The smallest absolute Gasteiger partial charge is 0.139 e. The monoisotopic (exact) mass is 588 g/mol. The summed E-state index contributed by atoms with van der Waals surface area (Å²) < 4.78 is 6.88. The standard InChI is InChI=1S/C45H32O/c1-44(32-16-5-2-6-17-32)39-25-13-14-27-42(39)46-43-35(23-15-26-40(43)44)31-28-29-37-36-22-11-12-24-38(36)45(41(37)30-31,33-18-7-3-8-19-33)34-20-9-4-10-21-34/h2-30H,1H3. The quantitative estimate of drug-likeness (QED) is 0.199. The second kappa shape index (κ2) is 10.2. The predicted molar refractivity (Wildman–Crippen MR) is 188 cm³/mol. The third-order valence-electron chi connectivity index (χ3n) is 10.3. The molecule has 0 saturated heterocycles. The maximum absolute atomic E-state index is 6.88. The van der Waals surface area contributed by atoms with Crippen LogP contribution in [-0.2, 0) is 10.8 Å². The van der Waals surface area contributed by atoms with Gasteiger partial charge in [-0.05, 0) is 63.6 Å². The summed E-state index contributed by atoms with van der Waals surface area (Å²) in [6.07, 6.45) is 0. The van der Waals surface area contributed by atoms with Crippen LogP contribution in [0.2, 0.25) is 0 Å². The largest absolute Gasteiger partial charge is 0.456 e. The van der Waals surface area contributed by atoms with Crippen molar-refractivity contribution in [2.24, 2.45) is 0 Å². The number of para-hydroxylation sites is 2. The Morgan fingerprint density at radius 1 is 0.391 bits per heavy atom. The van der Waals surface area contributed by atoms with E-state index in [-0.39, 0.29) is 5.41 Å². The average Bonchev–Trinajstić information content (AvgIpc) is 3.43. The first-order valence-electron chi connectivity index (χ1n) is 16.0. The van der Waals surface area contributed by atoms with Crippen molar-refractivity contribution in [1.82, 2.24) is 0 Å². The normalized spacial score (nSPS) is 16.8. The maximum Gasteiger partial charge on any atom is 0.139 e. The van der Waals surface area contributed by atoms with Gasteiger partial charge in [-0.15, -0.1) is 0 Å². The molecule has 0 radical (unpaired) electrons. The van der Waals surface area contributed by atoms with Crippen molar-refractivity contribution in [2.45, 2.75) is 17.8 Å². The number of hydrogen-bond donors (Lipinski definition) is 0. The average molecular weight is 589 g/mol. The number of hydrogen-bond acceptors (Lipinski definition) is 1. The zero-order chi connectivity index (χ0) is 30.7. The van der Waals surface area contributed by atoms with Crippen LogP contribution >= 0.6 is 0 Å². The van der Waals surface area contributed by atoms with E-state index < -0.39 is 5.41 Å². The minimum Gasteiger partial charge on any atom is -0.456 e. The maximum atomic E-state index is 6.88. The zero-order valence-corrected chi connectivity index (χ0v) is 25.7. The Morgan fingerprint density at radius 2 is 0.913 bits per heavy atom. The van der Waals surface area contributed by atoms with Gasteiger partial charge < -0.3 is 4.74 Å². The van der Waals surface area contributed by atoms with Gasteiger partial charge in [-0.25, -0.2) is 0 Å². The van der Waals surface area contributed by atoms with Crippen molar-refractivity contribution in [3.05, 3.63) is 215 Å². The number of fused-ring (bicyclic) bond motifs is 5. The minimum absolute atomic E-state index is 0.369. The van der Waals surface area contributed by atoms with E-state index in [1.165, 1.54) is 50.1 Å². The van der Waals surface area contributed by atoms with E-state index in [0.29, 0.717) is 0 Å². The van der Waals surface area contributed by atoms with Gasteiger partial charge in [0, 0.05) is 22.1 Å². The summed E-state index contributed by atoms with van der Waals surface area (Å²) in [4.78, 5) is 0. The van der Waals surface area contributed by atoms with Crippen molar-refractivity contribution in [3.8, 4) is 33.8 Å². The fraction of sp³-hybridized carbons (Fsp3) is 0.0667. The summed E-state index contributed by atoms with van der Waals surface area (Å²) in [7, 11) is 0. The van der Waals surface area contributed by atoms with Crippen LogP contribution in [0.5, 0.6) is 11.5 Å². The molecule has 1 heterocycles. The molecule has 9 rings (SSSR count). The highest BCUT2D eigenvalue weighted by Gasteiger charge is 2.46. The summed E-state index contributed by atoms with van der Waals surface area (Å²) in [6.45, 7) is 2.33. The molecule has 0 spiro atoms. The molecule has 1 aliphatic carbocycles. The van der Waals surface area contributed by atoms with Crippen LogP contribution < -0.4 is 4.74 Å². The third-order valence-corrected chi connectivity index (χ3v) is 10.3. The molecular weight excluding hydrogens is 556 g/mol. The van der Waals surface area contributed by atoms with Crippen molar-refractivity contribution >= 4 is 0 Å². The lowest BCUT2D eigenvalue weighted by Gasteiger charge is -2.39. The summed E-state index contributed by atoms with van der Waals surface area (Å²) in [5.41, 5.74) is 12.7. The third kappa shape index (κ3) is 3.63. The van der Waals surface area contributed by atoms with Gasteiger partial charge in [0.05, 0.1) is 5.41 Å². The molecule has 0 saturated carbocycles. The summed E-state index contributed by atoms with van der Waals surface area (Å²) >= 11 is 0. The Balaban J connectivity index is 1.32. The first-order valence-corrected chi connectivity index (χ1v) is 16.0. The van der Waals surface area contributed by atoms with E-state index in [9.17, 15) is 0 Å². The van der Waals surface area contributed by atoms with Gasteiger partial charge >= 0.3 is 0 Å². The van der Waals surface area contributed by atoms with E-state index in [2.05, 4.69) is 183 Å². The van der Waals surface area contributed by atoms with Crippen LogP contribution in [0.1, 0.15) is 45.9 Å². The molecule has 1 unspecified atom stereocenters. The number of ether oxygens (including phenoxy) is 1. The van der Waals surface area contributed by atoms with Crippen molar-refractivity contribution in [2.75, 3.05) is 0 Å². The van der Waals surface area contributed by atoms with E-state index in [0.717, 1.165) is 22.6 Å². The molecule has 2 aliphatic rings. The Labute approximate surface area is 270 Å². The van der Waals surface area contributed by atoms with Crippen LogP contribution in [-0.4, -0.2) is 0 Å². The zero-order valence-electron chi connectivity index (χ0n) is 25.7. The van der Waals surface area contributed by atoms with Crippen molar-refractivity contribution in [3.63, 3.8) is 0 Å². The summed E-state index contributed by atoms with van der Waals surface area (Å²) in [5, 5.41) is 0. The van der Waals surface area contributed by atoms with E-state index >= 15 is 0 Å². The van der Waals surface area contributed by atoms with E-state index in [1.54, 1.807) is 0 Å². The second-order valence-corrected chi connectivity index (χ2v) is 12.6. The predicted octanol–water partition coefficient (Wildman–Crippen LogP) is 11.2. The molecule has 1 aliphatic heterocycles. The Hall–Kier alpha value is -5.66. The molecule has 1 heteroatoms. The molecule has 0 aromatic heterocycles. The highest BCUT2D eigenvalue weighted by Crippen LogP contribution is 2.58. The fourth-order valence-corrected chi connectivity index (χ4v) is 8.19. The SMILES string of the molecule is CC1(c2ccccc2)c2ccccc2Oc2c(-c3ccc4c(c3)C(c3ccccc3)(c3ccccc3)c3ccccc3-4)cccc21. The molecule has 7 aromatic rings. The first-order chi connectivity index (χ1) is 22.7. The molecule has 0 bridgehead atoms. The summed E-state index contributed by atoms with van der Waals surface area (Å²) in [5.74, 6) is 1.83. The van der Waals surface area contributed by atoms with E-state index in [1.807, 2.05) is 0 Å². The molecule has 1 nitrogen and oxygen atoms in total. The number of rotatable bonds is 4. The van der Waals surface area contributed by atoms with Crippen molar-refractivity contribution in [1.29, 1.82) is 0 Å². The lowest BCUT2D eigenvalue weighted by atomic mass is 9.67.